The first-order valence-corrected chi connectivity index (χ1v) is 6.71. The maximum atomic E-state index is 5.90. The van der Waals surface area contributed by atoms with E-state index in [9.17, 15) is 0 Å². The van der Waals surface area contributed by atoms with Crippen molar-refractivity contribution < 1.29 is 4.74 Å². The van der Waals surface area contributed by atoms with Crippen LogP contribution in [0.1, 0.15) is 45.4 Å². The van der Waals surface area contributed by atoms with Crippen LogP contribution in [0.15, 0.2) is 0 Å². The average Bonchev–Trinajstić information content (AvgIpc) is 2.96. The third-order valence-corrected chi connectivity index (χ3v) is 4.29. The van der Waals surface area contributed by atoms with Gasteiger partial charge in [-0.15, -0.1) is 0 Å². The second-order valence-electron chi connectivity index (χ2n) is 5.83. The van der Waals surface area contributed by atoms with E-state index in [2.05, 4.69) is 11.8 Å². The van der Waals surface area contributed by atoms with Crippen molar-refractivity contribution in [1.82, 2.24) is 4.90 Å². The van der Waals surface area contributed by atoms with Gasteiger partial charge >= 0.3 is 0 Å². The molecule has 0 aromatic rings. The van der Waals surface area contributed by atoms with Gasteiger partial charge in [0.05, 0.1) is 12.2 Å². The molecule has 15 heavy (non-hydrogen) atoms. The minimum atomic E-state index is 0.580. The minimum absolute atomic E-state index is 0.580. The van der Waals surface area contributed by atoms with E-state index in [1.54, 1.807) is 0 Å². The number of likely N-dealkylation sites (tertiary alicyclic amines) is 1. The molecule has 1 aliphatic heterocycles. The Bertz CT molecular complexity index is 213. The van der Waals surface area contributed by atoms with Crippen molar-refractivity contribution in [2.45, 2.75) is 63.7 Å². The van der Waals surface area contributed by atoms with Crippen LogP contribution in [-0.4, -0.2) is 36.2 Å². The molecule has 0 spiro atoms. The van der Waals surface area contributed by atoms with Gasteiger partial charge in [-0.3, -0.25) is 4.90 Å². The van der Waals surface area contributed by atoms with Crippen molar-refractivity contribution in [3.8, 4) is 0 Å². The first kappa shape index (κ1) is 10.1. The van der Waals surface area contributed by atoms with E-state index in [1.165, 1.54) is 51.6 Å². The Balaban J connectivity index is 1.38. The van der Waals surface area contributed by atoms with Crippen LogP contribution in [0.3, 0.4) is 0 Å². The maximum absolute atomic E-state index is 5.90. The maximum Gasteiger partial charge on any atom is 0.0832 e. The van der Waals surface area contributed by atoms with Crippen molar-refractivity contribution >= 4 is 0 Å². The van der Waals surface area contributed by atoms with Gasteiger partial charge in [0.1, 0.15) is 0 Å². The zero-order valence-electron chi connectivity index (χ0n) is 9.82. The normalized spacial score (nSPS) is 39.0. The molecule has 2 aliphatic carbocycles. The molecule has 0 unspecified atom stereocenters. The summed E-state index contributed by atoms with van der Waals surface area (Å²) < 4.78 is 5.90. The fraction of sp³-hybridized carbons (Fsp3) is 1.00. The van der Waals surface area contributed by atoms with E-state index in [0.717, 1.165) is 12.0 Å². The van der Waals surface area contributed by atoms with Crippen LogP contribution in [0, 0.1) is 5.92 Å². The third-order valence-electron chi connectivity index (χ3n) is 4.29. The standard InChI is InChI=1S/C13H23NO/c1-10-2-4-11(5-3-10)14-8-13(9-14)15-12-6-7-12/h10-13H,2-9H2,1H3. The Hall–Kier alpha value is -0.0800. The molecule has 1 saturated heterocycles. The van der Waals surface area contributed by atoms with Gasteiger partial charge in [0, 0.05) is 19.1 Å². The van der Waals surface area contributed by atoms with Crippen LogP contribution in [-0.2, 0) is 4.74 Å². The molecule has 2 nitrogen and oxygen atoms in total. The van der Waals surface area contributed by atoms with Gasteiger partial charge in [-0.1, -0.05) is 6.92 Å². The zero-order chi connectivity index (χ0) is 10.3. The van der Waals surface area contributed by atoms with E-state index >= 15 is 0 Å². The fourth-order valence-corrected chi connectivity index (χ4v) is 2.94. The van der Waals surface area contributed by atoms with Crippen LogP contribution in [0.25, 0.3) is 0 Å². The number of nitrogens with zero attached hydrogens (tertiary/aromatic N) is 1. The molecule has 3 fully saturated rings. The lowest BCUT2D eigenvalue weighted by atomic mass is 9.85. The Morgan fingerprint density at radius 1 is 0.867 bits per heavy atom. The van der Waals surface area contributed by atoms with Crippen LogP contribution in [0.4, 0.5) is 0 Å². The average molecular weight is 209 g/mol. The molecule has 0 atom stereocenters. The predicted molar refractivity (Wildman–Crippen MR) is 60.9 cm³/mol. The second-order valence-corrected chi connectivity index (χ2v) is 5.83. The van der Waals surface area contributed by atoms with Crippen LogP contribution >= 0.6 is 0 Å². The molecular formula is C13H23NO. The summed E-state index contributed by atoms with van der Waals surface area (Å²) in [6.45, 7) is 4.83. The van der Waals surface area contributed by atoms with Crippen LogP contribution in [0.5, 0.6) is 0 Å². The molecule has 0 aromatic heterocycles. The number of hydrogen-bond acceptors (Lipinski definition) is 2. The van der Waals surface area contributed by atoms with E-state index in [1.807, 2.05) is 0 Å². The minimum Gasteiger partial charge on any atom is -0.372 e. The molecule has 2 heteroatoms. The van der Waals surface area contributed by atoms with Gasteiger partial charge in [-0.05, 0) is 44.4 Å². The molecule has 86 valence electrons. The fourth-order valence-electron chi connectivity index (χ4n) is 2.94. The SMILES string of the molecule is CC1CCC(N2CC(OC3CC3)C2)CC1. The Morgan fingerprint density at radius 2 is 1.53 bits per heavy atom. The van der Waals surface area contributed by atoms with Crippen molar-refractivity contribution in [3.63, 3.8) is 0 Å². The van der Waals surface area contributed by atoms with Crippen molar-refractivity contribution in [3.05, 3.63) is 0 Å². The highest BCUT2D eigenvalue weighted by Gasteiger charge is 2.37. The van der Waals surface area contributed by atoms with E-state index in [-0.39, 0.29) is 0 Å². The zero-order valence-corrected chi connectivity index (χ0v) is 9.82. The lowest BCUT2D eigenvalue weighted by molar-refractivity contribution is -0.0854. The van der Waals surface area contributed by atoms with Gasteiger partial charge in [-0.25, -0.2) is 0 Å². The summed E-state index contributed by atoms with van der Waals surface area (Å²) in [4.78, 5) is 2.65. The predicted octanol–water partition coefficient (Wildman–Crippen LogP) is 2.43. The summed E-state index contributed by atoms with van der Waals surface area (Å²) in [7, 11) is 0. The smallest absolute Gasteiger partial charge is 0.0832 e. The Kier molecular flexibility index (Phi) is 2.73. The first-order chi connectivity index (χ1) is 7.31. The van der Waals surface area contributed by atoms with Crippen LogP contribution < -0.4 is 0 Å². The molecule has 0 bridgehead atoms. The molecule has 1 heterocycles. The van der Waals surface area contributed by atoms with E-state index in [4.69, 9.17) is 4.74 Å². The lowest BCUT2D eigenvalue weighted by Gasteiger charge is -2.46. The summed E-state index contributed by atoms with van der Waals surface area (Å²) >= 11 is 0. The number of ether oxygens (including phenoxy) is 1. The third kappa shape index (κ3) is 2.36. The highest BCUT2D eigenvalue weighted by Crippen LogP contribution is 2.32. The summed E-state index contributed by atoms with van der Waals surface area (Å²) in [5, 5.41) is 0. The van der Waals surface area contributed by atoms with Gasteiger partial charge in [0.15, 0.2) is 0 Å². The van der Waals surface area contributed by atoms with Gasteiger partial charge in [0.25, 0.3) is 0 Å². The molecule has 3 aliphatic rings. The lowest BCUT2D eigenvalue weighted by Crippen LogP contribution is -2.57. The monoisotopic (exact) mass is 209 g/mol. The van der Waals surface area contributed by atoms with Crippen molar-refractivity contribution in [2.75, 3.05) is 13.1 Å². The summed E-state index contributed by atoms with van der Waals surface area (Å²) in [6, 6.07) is 0.889. The molecule has 0 aromatic carbocycles. The molecule has 0 N–H and O–H groups in total. The Labute approximate surface area is 93.0 Å². The molecule has 0 radical (unpaired) electrons. The van der Waals surface area contributed by atoms with Crippen LogP contribution in [0.2, 0.25) is 0 Å². The molecule has 0 amide bonds. The molecule has 2 saturated carbocycles. The topological polar surface area (TPSA) is 12.5 Å². The summed E-state index contributed by atoms with van der Waals surface area (Å²) in [5.74, 6) is 0.973. The van der Waals surface area contributed by atoms with Gasteiger partial charge in [-0.2, -0.15) is 0 Å². The second kappa shape index (κ2) is 4.06. The van der Waals surface area contributed by atoms with Crippen molar-refractivity contribution in [2.24, 2.45) is 5.92 Å². The largest absolute Gasteiger partial charge is 0.372 e. The Morgan fingerprint density at radius 3 is 2.13 bits per heavy atom. The number of rotatable bonds is 3. The van der Waals surface area contributed by atoms with E-state index in [0.29, 0.717) is 12.2 Å². The summed E-state index contributed by atoms with van der Waals surface area (Å²) in [6.07, 6.45) is 9.59. The molecular weight excluding hydrogens is 186 g/mol. The van der Waals surface area contributed by atoms with Gasteiger partial charge < -0.3 is 4.74 Å². The molecule has 3 rings (SSSR count). The van der Waals surface area contributed by atoms with E-state index < -0.39 is 0 Å². The first-order valence-electron chi connectivity index (χ1n) is 6.71. The number of hydrogen-bond donors (Lipinski definition) is 0. The highest BCUT2D eigenvalue weighted by molar-refractivity contribution is 4.90. The summed E-state index contributed by atoms with van der Waals surface area (Å²) in [5.41, 5.74) is 0. The quantitative estimate of drug-likeness (QED) is 0.708. The highest BCUT2D eigenvalue weighted by atomic mass is 16.5. The van der Waals surface area contributed by atoms with Gasteiger partial charge in [0.2, 0.25) is 0 Å². The van der Waals surface area contributed by atoms with Crippen molar-refractivity contribution in [1.29, 1.82) is 0 Å².